The van der Waals surface area contributed by atoms with Gasteiger partial charge in [-0.3, -0.25) is 9.59 Å². The van der Waals surface area contributed by atoms with Crippen LogP contribution >= 0.6 is 0 Å². The van der Waals surface area contributed by atoms with Crippen molar-refractivity contribution in [3.8, 4) is 5.75 Å². The molecule has 1 heterocycles. The monoisotopic (exact) mass is 319 g/mol. The van der Waals surface area contributed by atoms with E-state index in [2.05, 4.69) is 0 Å². The molecule has 1 fully saturated rings. The van der Waals surface area contributed by atoms with Crippen LogP contribution in [0, 0.1) is 0 Å². The van der Waals surface area contributed by atoms with Crippen molar-refractivity contribution in [2.45, 2.75) is 19.4 Å². The minimum absolute atomic E-state index is 0.0909. The Morgan fingerprint density at radius 3 is 2.78 bits per heavy atom. The van der Waals surface area contributed by atoms with E-state index in [1.807, 2.05) is 31.2 Å². The van der Waals surface area contributed by atoms with Crippen LogP contribution in [0.4, 0.5) is 0 Å². The summed E-state index contributed by atoms with van der Waals surface area (Å²) in [7, 11) is 0. The summed E-state index contributed by atoms with van der Waals surface area (Å²) in [5, 5.41) is 8.80. The van der Waals surface area contributed by atoms with Gasteiger partial charge in [0.2, 0.25) is 5.91 Å². The second-order valence-electron chi connectivity index (χ2n) is 5.21. The molecule has 1 aromatic carbocycles. The number of hydrogen-bond donors (Lipinski definition) is 1. The van der Waals surface area contributed by atoms with Crippen LogP contribution in [0.15, 0.2) is 30.3 Å². The van der Waals surface area contributed by atoms with E-state index >= 15 is 0 Å². The number of aliphatic carboxylic acids is 1. The number of morpholine rings is 1. The van der Waals surface area contributed by atoms with E-state index < -0.39 is 12.1 Å². The van der Waals surface area contributed by atoms with Crippen molar-refractivity contribution in [2.24, 2.45) is 0 Å². The molecule has 124 valence electrons. The Labute approximate surface area is 135 Å². The van der Waals surface area contributed by atoms with Crippen LogP contribution in [-0.2, 0) is 14.3 Å². The van der Waals surface area contributed by atoms with Gasteiger partial charge in [0.25, 0.3) is 0 Å². The summed E-state index contributed by atoms with van der Waals surface area (Å²) in [5.74, 6) is -0.271. The molecule has 1 saturated heterocycles. The summed E-state index contributed by atoms with van der Waals surface area (Å²) in [4.78, 5) is 24.5. The van der Waals surface area contributed by atoms with Gasteiger partial charge in [-0.1, -0.05) is 12.1 Å². The van der Waals surface area contributed by atoms with Crippen molar-refractivity contribution in [2.75, 3.05) is 26.3 Å². The zero-order chi connectivity index (χ0) is 16.7. The quantitative estimate of drug-likeness (QED) is 0.809. The molecule has 1 unspecified atom stereocenters. The van der Waals surface area contributed by atoms with Gasteiger partial charge in [-0.25, -0.2) is 0 Å². The smallest absolute Gasteiger partial charge is 0.306 e. The molecule has 0 aromatic heterocycles. The zero-order valence-corrected chi connectivity index (χ0v) is 13.1. The van der Waals surface area contributed by atoms with Crippen LogP contribution in [0.3, 0.4) is 0 Å². The summed E-state index contributed by atoms with van der Waals surface area (Å²) in [5.41, 5.74) is 0.900. The van der Waals surface area contributed by atoms with Gasteiger partial charge in [-0.05, 0) is 30.7 Å². The fourth-order valence-corrected chi connectivity index (χ4v) is 2.35. The van der Waals surface area contributed by atoms with Crippen molar-refractivity contribution in [3.63, 3.8) is 0 Å². The first-order chi connectivity index (χ1) is 11.1. The average Bonchev–Trinajstić information content (AvgIpc) is 2.54. The number of hydrogen-bond acceptors (Lipinski definition) is 4. The molecular weight excluding hydrogens is 298 g/mol. The number of ether oxygens (including phenoxy) is 2. The minimum atomic E-state index is -0.922. The standard InChI is InChI=1S/C17H21NO5/c1-2-22-14-6-3-13(4-7-14)5-8-16(19)18-9-10-23-15(12-18)11-17(20)21/h3-8,15H,2,9-12H2,1H3,(H,20,21)/b8-5+. The molecule has 1 aliphatic heterocycles. The first kappa shape index (κ1) is 17.0. The van der Waals surface area contributed by atoms with Crippen molar-refractivity contribution in [3.05, 3.63) is 35.9 Å². The Bertz CT molecular complexity index is 567. The largest absolute Gasteiger partial charge is 0.494 e. The molecule has 6 nitrogen and oxygen atoms in total. The molecule has 0 aliphatic carbocycles. The first-order valence-electron chi connectivity index (χ1n) is 7.61. The van der Waals surface area contributed by atoms with E-state index in [-0.39, 0.29) is 12.3 Å². The highest BCUT2D eigenvalue weighted by molar-refractivity contribution is 5.91. The van der Waals surface area contributed by atoms with Gasteiger partial charge in [0.1, 0.15) is 5.75 Å². The number of benzene rings is 1. The second kappa shape index (κ2) is 8.33. The average molecular weight is 319 g/mol. The molecule has 0 bridgehead atoms. The number of carboxylic acids is 1. The SMILES string of the molecule is CCOc1ccc(/C=C/C(=O)N2CCOC(CC(=O)O)C2)cc1. The number of carbonyl (C=O) groups is 2. The van der Waals surface area contributed by atoms with E-state index in [4.69, 9.17) is 14.6 Å². The lowest BCUT2D eigenvalue weighted by Crippen LogP contribution is -2.45. The Balaban J connectivity index is 1.91. The molecule has 1 atom stereocenters. The Morgan fingerprint density at radius 2 is 2.13 bits per heavy atom. The second-order valence-corrected chi connectivity index (χ2v) is 5.21. The maximum absolute atomic E-state index is 12.2. The molecule has 0 saturated carbocycles. The van der Waals surface area contributed by atoms with Crippen LogP contribution in [-0.4, -0.2) is 54.3 Å². The van der Waals surface area contributed by atoms with Gasteiger partial charge in [0.15, 0.2) is 0 Å². The maximum Gasteiger partial charge on any atom is 0.306 e. The Hall–Kier alpha value is -2.34. The molecular formula is C17H21NO5. The number of carbonyl (C=O) groups excluding carboxylic acids is 1. The van der Waals surface area contributed by atoms with E-state index in [9.17, 15) is 9.59 Å². The molecule has 6 heteroatoms. The van der Waals surface area contributed by atoms with Crippen molar-refractivity contribution in [1.82, 2.24) is 4.90 Å². The predicted octanol–water partition coefficient (Wildman–Crippen LogP) is 1.80. The van der Waals surface area contributed by atoms with Gasteiger partial charge in [-0.2, -0.15) is 0 Å². The fourth-order valence-electron chi connectivity index (χ4n) is 2.35. The van der Waals surface area contributed by atoms with Crippen molar-refractivity contribution in [1.29, 1.82) is 0 Å². The number of amides is 1. The van der Waals surface area contributed by atoms with Crippen LogP contribution in [0.1, 0.15) is 18.9 Å². The highest BCUT2D eigenvalue weighted by atomic mass is 16.5. The maximum atomic E-state index is 12.2. The number of nitrogens with zero attached hydrogens (tertiary/aromatic N) is 1. The van der Waals surface area contributed by atoms with Crippen LogP contribution in [0.25, 0.3) is 6.08 Å². The lowest BCUT2D eigenvalue weighted by atomic mass is 10.2. The lowest BCUT2D eigenvalue weighted by molar-refractivity contribution is -0.145. The van der Waals surface area contributed by atoms with E-state index in [0.29, 0.717) is 26.3 Å². The lowest BCUT2D eigenvalue weighted by Gasteiger charge is -2.31. The van der Waals surface area contributed by atoms with Gasteiger partial charge in [0.05, 0.1) is 25.7 Å². The molecule has 1 aromatic rings. The topological polar surface area (TPSA) is 76.1 Å². The third-order valence-corrected chi connectivity index (χ3v) is 3.46. The summed E-state index contributed by atoms with van der Waals surface area (Å²) in [6, 6.07) is 7.46. The summed E-state index contributed by atoms with van der Waals surface area (Å²) in [6.07, 6.45) is 2.70. The van der Waals surface area contributed by atoms with Gasteiger partial charge >= 0.3 is 5.97 Å². The molecule has 23 heavy (non-hydrogen) atoms. The normalized spacial score (nSPS) is 18.1. The Kier molecular flexibility index (Phi) is 6.17. The number of carboxylic acid groups (broad SMARTS) is 1. The van der Waals surface area contributed by atoms with E-state index in [1.165, 1.54) is 6.08 Å². The van der Waals surface area contributed by atoms with Crippen LogP contribution in [0.2, 0.25) is 0 Å². The molecule has 1 aliphatic rings. The Morgan fingerprint density at radius 1 is 1.39 bits per heavy atom. The van der Waals surface area contributed by atoms with Gasteiger partial charge < -0.3 is 19.5 Å². The van der Waals surface area contributed by atoms with Crippen LogP contribution < -0.4 is 4.74 Å². The van der Waals surface area contributed by atoms with E-state index in [0.717, 1.165) is 11.3 Å². The van der Waals surface area contributed by atoms with E-state index in [1.54, 1.807) is 11.0 Å². The highest BCUT2D eigenvalue weighted by Crippen LogP contribution is 2.14. The third-order valence-electron chi connectivity index (χ3n) is 3.46. The zero-order valence-electron chi connectivity index (χ0n) is 13.1. The summed E-state index contributed by atoms with van der Waals surface area (Å²) < 4.78 is 10.7. The summed E-state index contributed by atoms with van der Waals surface area (Å²) >= 11 is 0. The van der Waals surface area contributed by atoms with Gasteiger partial charge in [-0.15, -0.1) is 0 Å². The first-order valence-corrected chi connectivity index (χ1v) is 7.61. The third kappa shape index (κ3) is 5.41. The fraction of sp³-hybridized carbons (Fsp3) is 0.412. The van der Waals surface area contributed by atoms with Crippen molar-refractivity contribution >= 4 is 18.0 Å². The molecule has 1 amide bonds. The van der Waals surface area contributed by atoms with Gasteiger partial charge in [0, 0.05) is 19.2 Å². The summed E-state index contributed by atoms with van der Waals surface area (Å²) in [6.45, 7) is 3.68. The predicted molar refractivity (Wildman–Crippen MR) is 85.2 cm³/mol. The number of rotatable bonds is 6. The molecule has 2 rings (SSSR count). The van der Waals surface area contributed by atoms with Crippen molar-refractivity contribution < 1.29 is 24.2 Å². The minimum Gasteiger partial charge on any atom is -0.494 e. The molecule has 1 N–H and O–H groups in total. The highest BCUT2D eigenvalue weighted by Gasteiger charge is 2.24. The van der Waals surface area contributed by atoms with Crippen LogP contribution in [0.5, 0.6) is 5.75 Å². The molecule has 0 spiro atoms. The molecule has 0 radical (unpaired) electrons.